The van der Waals surface area contributed by atoms with E-state index in [-0.39, 0.29) is 11.9 Å². The van der Waals surface area contributed by atoms with Crippen LogP contribution >= 0.6 is 11.5 Å². The number of benzene rings is 2. The van der Waals surface area contributed by atoms with Crippen LogP contribution in [0.4, 0.5) is 24.0 Å². The summed E-state index contributed by atoms with van der Waals surface area (Å²) in [6.07, 6.45) is -3.57. The van der Waals surface area contributed by atoms with Crippen LogP contribution in [-0.2, 0) is 23.8 Å². The molecule has 0 radical (unpaired) electrons. The van der Waals surface area contributed by atoms with Crippen molar-refractivity contribution in [2.75, 3.05) is 17.2 Å². The van der Waals surface area contributed by atoms with Crippen LogP contribution in [0.2, 0.25) is 0 Å². The van der Waals surface area contributed by atoms with Crippen LogP contribution < -0.4 is 16.4 Å². The summed E-state index contributed by atoms with van der Waals surface area (Å²) in [5, 5.41) is 6.51. The van der Waals surface area contributed by atoms with Crippen LogP contribution in [0.1, 0.15) is 16.7 Å². The van der Waals surface area contributed by atoms with Crippen molar-refractivity contribution in [2.45, 2.75) is 25.1 Å². The first-order chi connectivity index (χ1) is 14.3. The zero-order valence-electron chi connectivity index (χ0n) is 15.7. The van der Waals surface area contributed by atoms with Crippen molar-refractivity contribution in [3.63, 3.8) is 0 Å². The number of carbonyl (C=O) groups is 1. The molecular weight excluding hydrogens is 415 g/mol. The predicted molar refractivity (Wildman–Crippen MR) is 109 cm³/mol. The third kappa shape index (κ3) is 4.60. The Morgan fingerprint density at radius 3 is 2.70 bits per heavy atom. The van der Waals surface area contributed by atoms with Crippen LogP contribution in [0.5, 0.6) is 0 Å². The normalized spacial score (nSPS) is 14.3. The summed E-state index contributed by atoms with van der Waals surface area (Å²) >= 11 is 1.20. The maximum Gasteiger partial charge on any atom is 0.416 e. The minimum absolute atomic E-state index is 0.0298. The third-order valence-electron chi connectivity index (χ3n) is 4.71. The number of nitrogens with two attached hydrogens (primary N) is 1. The number of aromatic nitrogens is 2. The molecule has 1 amide bonds. The fraction of sp³-hybridized carbons (Fsp3) is 0.250. The average Bonchev–Trinajstić information content (AvgIpc) is 3.31. The second kappa shape index (κ2) is 8.04. The van der Waals surface area contributed by atoms with Crippen molar-refractivity contribution < 1.29 is 18.0 Å². The Hall–Kier alpha value is -2.98. The Labute approximate surface area is 174 Å². The number of alkyl halides is 3. The summed E-state index contributed by atoms with van der Waals surface area (Å²) in [5.41, 5.74) is 8.71. The first kappa shape index (κ1) is 20.3. The van der Waals surface area contributed by atoms with Gasteiger partial charge in [0.05, 0.1) is 12.0 Å². The molecule has 156 valence electrons. The van der Waals surface area contributed by atoms with E-state index in [4.69, 9.17) is 5.73 Å². The molecule has 1 aromatic heterocycles. The van der Waals surface area contributed by atoms with Crippen molar-refractivity contribution >= 4 is 28.3 Å². The monoisotopic (exact) mass is 433 g/mol. The molecule has 0 fully saturated rings. The highest BCUT2D eigenvalue weighted by Gasteiger charge is 2.30. The van der Waals surface area contributed by atoms with Gasteiger partial charge in [-0.25, -0.2) is 0 Å². The van der Waals surface area contributed by atoms with Crippen molar-refractivity contribution in [3.8, 4) is 11.4 Å². The number of anilines is 2. The maximum atomic E-state index is 12.6. The predicted octanol–water partition coefficient (Wildman–Crippen LogP) is 3.70. The molecule has 0 bridgehead atoms. The highest BCUT2D eigenvalue weighted by molar-refractivity contribution is 7.09. The number of hydrogen-bond donors (Lipinski definition) is 3. The van der Waals surface area contributed by atoms with E-state index in [2.05, 4.69) is 20.0 Å². The lowest BCUT2D eigenvalue weighted by Crippen LogP contribution is -2.31. The molecular formula is C20H18F3N5OS. The van der Waals surface area contributed by atoms with Crippen LogP contribution in [0, 0.1) is 0 Å². The van der Waals surface area contributed by atoms with Crippen molar-refractivity contribution in [1.29, 1.82) is 0 Å². The number of halogens is 3. The minimum atomic E-state index is -4.34. The topological polar surface area (TPSA) is 92.9 Å². The smallest absolute Gasteiger partial charge is 0.359 e. The molecule has 1 atom stereocenters. The van der Waals surface area contributed by atoms with E-state index in [0.29, 0.717) is 30.3 Å². The van der Waals surface area contributed by atoms with Crippen LogP contribution in [-0.4, -0.2) is 27.9 Å². The average molecular weight is 433 g/mol. The zero-order chi connectivity index (χ0) is 21.3. The second-order valence-corrected chi connectivity index (χ2v) is 7.81. The van der Waals surface area contributed by atoms with Gasteiger partial charge in [0.15, 0.2) is 5.82 Å². The fourth-order valence-electron chi connectivity index (χ4n) is 3.20. The van der Waals surface area contributed by atoms with E-state index in [0.717, 1.165) is 34.5 Å². The molecule has 0 spiro atoms. The molecule has 10 heteroatoms. The minimum Gasteiger partial charge on any atom is -0.359 e. The molecule has 6 nitrogen and oxygen atoms in total. The number of hydrogen-bond acceptors (Lipinski definition) is 6. The number of nitrogens with one attached hydrogen (secondary N) is 2. The Morgan fingerprint density at radius 2 is 1.97 bits per heavy atom. The van der Waals surface area contributed by atoms with Gasteiger partial charge >= 0.3 is 6.18 Å². The summed E-state index contributed by atoms with van der Waals surface area (Å²) in [5.74, 6) is 0.527. The van der Waals surface area contributed by atoms with Gasteiger partial charge in [-0.3, -0.25) is 4.79 Å². The summed E-state index contributed by atoms with van der Waals surface area (Å²) in [7, 11) is 0. The largest absolute Gasteiger partial charge is 0.416 e. The van der Waals surface area contributed by atoms with Gasteiger partial charge in [-0.15, -0.1) is 0 Å². The third-order valence-corrected chi connectivity index (χ3v) is 5.38. The van der Waals surface area contributed by atoms with Gasteiger partial charge in [0.1, 0.15) is 0 Å². The highest BCUT2D eigenvalue weighted by Crippen LogP contribution is 2.30. The number of nitrogens with zero attached hydrogens (tertiary/aromatic N) is 2. The Kier molecular flexibility index (Phi) is 5.44. The van der Waals surface area contributed by atoms with Crippen molar-refractivity contribution in [2.24, 2.45) is 5.73 Å². The maximum absolute atomic E-state index is 12.6. The molecule has 0 unspecified atom stereocenters. The van der Waals surface area contributed by atoms with Gasteiger partial charge in [-0.1, -0.05) is 12.1 Å². The summed E-state index contributed by atoms with van der Waals surface area (Å²) in [6, 6.07) is 10.3. The van der Waals surface area contributed by atoms with Crippen molar-refractivity contribution in [1.82, 2.24) is 9.36 Å². The van der Waals surface area contributed by atoms with Crippen LogP contribution in [0.25, 0.3) is 11.4 Å². The molecule has 1 aliphatic heterocycles. The molecule has 2 heterocycles. The Balaban J connectivity index is 1.33. The Bertz CT molecular complexity index is 1070. The van der Waals surface area contributed by atoms with Crippen LogP contribution in [0.15, 0.2) is 42.5 Å². The molecule has 0 saturated carbocycles. The van der Waals surface area contributed by atoms with E-state index >= 15 is 0 Å². The molecule has 1 aliphatic rings. The van der Waals surface area contributed by atoms with Gasteiger partial charge in [0.2, 0.25) is 11.0 Å². The number of rotatable bonds is 6. The van der Waals surface area contributed by atoms with E-state index in [1.54, 1.807) is 0 Å². The fourth-order valence-corrected chi connectivity index (χ4v) is 3.80. The SMILES string of the molecule is N[C@@H](CNc1nc(-c2ccc3c(c2)CC(=O)N3)ns1)Cc1ccc(C(F)(F)F)cc1. The molecule has 0 saturated heterocycles. The number of amides is 1. The molecule has 4 N–H and O–H groups in total. The van der Waals surface area contributed by atoms with Gasteiger partial charge in [-0.2, -0.15) is 22.5 Å². The van der Waals surface area contributed by atoms with E-state index in [1.165, 1.54) is 23.7 Å². The van der Waals surface area contributed by atoms with Gasteiger partial charge in [-0.05, 0) is 47.9 Å². The first-order valence-corrected chi connectivity index (χ1v) is 9.98. The first-order valence-electron chi connectivity index (χ1n) is 9.20. The quantitative estimate of drug-likeness (QED) is 0.551. The summed E-state index contributed by atoms with van der Waals surface area (Å²) < 4.78 is 42.2. The van der Waals surface area contributed by atoms with E-state index < -0.39 is 11.7 Å². The molecule has 3 aromatic rings. The standard InChI is InChI=1S/C20H18F3N5OS/c21-20(22,23)14-4-1-11(2-5-14)7-15(24)10-25-19-27-18(28-30-19)12-3-6-16-13(8-12)9-17(29)26-16/h1-6,8,15H,7,9-10,24H2,(H,26,29)(H,25,27,28)/t15-/m1/s1. The lowest BCUT2D eigenvalue weighted by Gasteiger charge is -2.13. The summed E-state index contributed by atoms with van der Waals surface area (Å²) in [4.78, 5) is 15.9. The van der Waals surface area contributed by atoms with E-state index in [1.807, 2.05) is 18.2 Å². The number of fused-ring (bicyclic) bond motifs is 1. The van der Waals surface area contributed by atoms with Crippen molar-refractivity contribution in [3.05, 3.63) is 59.2 Å². The number of carbonyl (C=O) groups excluding carboxylic acids is 1. The zero-order valence-corrected chi connectivity index (χ0v) is 16.5. The molecule has 4 rings (SSSR count). The van der Waals surface area contributed by atoms with Gasteiger partial charge < -0.3 is 16.4 Å². The van der Waals surface area contributed by atoms with E-state index in [9.17, 15) is 18.0 Å². The van der Waals surface area contributed by atoms with Crippen LogP contribution in [0.3, 0.4) is 0 Å². The van der Waals surface area contributed by atoms with Gasteiger partial charge in [0.25, 0.3) is 0 Å². The van der Waals surface area contributed by atoms with Gasteiger partial charge in [0, 0.05) is 35.4 Å². The lowest BCUT2D eigenvalue weighted by atomic mass is 10.0. The lowest BCUT2D eigenvalue weighted by molar-refractivity contribution is -0.137. The molecule has 0 aliphatic carbocycles. The summed E-state index contributed by atoms with van der Waals surface area (Å²) in [6.45, 7) is 0.401. The second-order valence-electron chi connectivity index (χ2n) is 7.06. The molecule has 30 heavy (non-hydrogen) atoms. The highest BCUT2D eigenvalue weighted by atomic mass is 32.1. The molecule has 2 aromatic carbocycles. The Morgan fingerprint density at radius 1 is 1.20 bits per heavy atom.